The standard InChI is InChI=1S/C24H26N2O4S/c1-25(31(2,28)29)22-13-15-23(16-14-22)30-19-24(27)26(17-20-9-5-3-6-10-20)18-21-11-7-4-8-12-21/h3-16H,17-19H2,1-2H3. The van der Waals surface area contributed by atoms with E-state index in [1.165, 1.54) is 11.4 Å². The van der Waals surface area contributed by atoms with Gasteiger partial charge >= 0.3 is 0 Å². The van der Waals surface area contributed by atoms with Gasteiger partial charge in [-0.25, -0.2) is 8.42 Å². The molecule has 0 fully saturated rings. The second kappa shape index (κ2) is 10.1. The van der Waals surface area contributed by atoms with E-state index in [9.17, 15) is 13.2 Å². The summed E-state index contributed by atoms with van der Waals surface area (Å²) in [7, 11) is -1.85. The van der Waals surface area contributed by atoms with Crippen LogP contribution in [0, 0.1) is 0 Å². The summed E-state index contributed by atoms with van der Waals surface area (Å²) in [6.45, 7) is 0.854. The van der Waals surface area contributed by atoms with E-state index in [1.54, 1.807) is 29.2 Å². The van der Waals surface area contributed by atoms with E-state index in [4.69, 9.17) is 4.74 Å². The van der Waals surface area contributed by atoms with Crippen molar-refractivity contribution in [1.29, 1.82) is 0 Å². The highest BCUT2D eigenvalue weighted by Crippen LogP contribution is 2.20. The molecule has 0 atom stereocenters. The number of anilines is 1. The van der Waals surface area contributed by atoms with Gasteiger partial charge < -0.3 is 9.64 Å². The van der Waals surface area contributed by atoms with Gasteiger partial charge in [0.05, 0.1) is 11.9 Å². The van der Waals surface area contributed by atoms with Crippen molar-refractivity contribution in [2.45, 2.75) is 13.1 Å². The monoisotopic (exact) mass is 438 g/mol. The summed E-state index contributed by atoms with van der Waals surface area (Å²) in [5, 5.41) is 0. The Hall–Kier alpha value is -3.32. The van der Waals surface area contributed by atoms with Gasteiger partial charge in [-0.2, -0.15) is 0 Å². The molecule has 0 aromatic heterocycles. The Bertz CT molecular complexity index is 1040. The molecule has 162 valence electrons. The van der Waals surface area contributed by atoms with Gasteiger partial charge in [0.15, 0.2) is 6.61 Å². The number of hydrogen-bond donors (Lipinski definition) is 0. The molecule has 31 heavy (non-hydrogen) atoms. The van der Waals surface area contributed by atoms with Gasteiger partial charge in [-0.1, -0.05) is 60.7 Å². The summed E-state index contributed by atoms with van der Waals surface area (Å²) in [5.41, 5.74) is 2.61. The first-order chi connectivity index (χ1) is 14.8. The quantitative estimate of drug-likeness (QED) is 0.511. The SMILES string of the molecule is CN(c1ccc(OCC(=O)N(Cc2ccccc2)Cc2ccccc2)cc1)S(C)(=O)=O. The molecule has 1 amide bonds. The molecule has 0 bridgehead atoms. The summed E-state index contributed by atoms with van der Waals surface area (Å²) in [5.74, 6) is 0.364. The van der Waals surface area contributed by atoms with Crippen LogP contribution in [0.5, 0.6) is 5.75 Å². The van der Waals surface area contributed by atoms with Crippen molar-refractivity contribution in [1.82, 2.24) is 4.90 Å². The van der Waals surface area contributed by atoms with Gasteiger partial charge in [-0.3, -0.25) is 9.10 Å². The number of ether oxygens (including phenoxy) is 1. The van der Waals surface area contributed by atoms with Crippen molar-refractivity contribution in [3.05, 3.63) is 96.1 Å². The van der Waals surface area contributed by atoms with Crippen LogP contribution in [0.2, 0.25) is 0 Å². The molecule has 0 aliphatic rings. The maximum Gasteiger partial charge on any atom is 0.261 e. The van der Waals surface area contributed by atoms with E-state index < -0.39 is 10.0 Å². The molecule has 0 aliphatic carbocycles. The molecular weight excluding hydrogens is 412 g/mol. The van der Waals surface area contributed by atoms with Crippen LogP contribution in [0.15, 0.2) is 84.9 Å². The molecule has 0 radical (unpaired) electrons. The van der Waals surface area contributed by atoms with Crippen LogP contribution in [0.3, 0.4) is 0 Å². The van der Waals surface area contributed by atoms with Crippen molar-refractivity contribution in [3.63, 3.8) is 0 Å². The van der Waals surface area contributed by atoms with Crippen LogP contribution in [0.1, 0.15) is 11.1 Å². The number of benzene rings is 3. The van der Waals surface area contributed by atoms with E-state index in [-0.39, 0.29) is 12.5 Å². The van der Waals surface area contributed by atoms with Crippen LogP contribution < -0.4 is 9.04 Å². The van der Waals surface area contributed by atoms with Crippen LogP contribution in [0.25, 0.3) is 0 Å². The van der Waals surface area contributed by atoms with Gasteiger partial charge in [-0.15, -0.1) is 0 Å². The maximum absolute atomic E-state index is 12.9. The summed E-state index contributed by atoms with van der Waals surface area (Å²) < 4.78 is 30.2. The molecule has 7 heteroatoms. The minimum atomic E-state index is -3.33. The highest BCUT2D eigenvalue weighted by atomic mass is 32.2. The number of nitrogens with zero attached hydrogens (tertiary/aromatic N) is 2. The zero-order valence-electron chi connectivity index (χ0n) is 17.6. The van der Waals surface area contributed by atoms with Crippen molar-refractivity contribution in [2.24, 2.45) is 0 Å². The molecule has 3 rings (SSSR count). The van der Waals surface area contributed by atoms with Gasteiger partial charge in [0.25, 0.3) is 5.91 Å². The van der Waals surface area contributed by atoms with Crippen molar-refractivity contribution in [2.75, 3.05) is 24.2 Å². The van der Waals surface area contributed by atoms with E-state index in [0.717, 1.165) is 17.4 Å². The van der Waals surface area contributed by atoms with Crippen molar-refractivity contribution < 1.29 is 17.9 Å². The van der Waals surface area contributed by atoms with Gasteiger partial charge in [-0.05, 0) is 35.4 Å². The third kappa shape index (κ3) is 6.58. The predicted octanol–water partition coefficient (Wildman–Crippen LogP) is 3.69. The average molecular weight is 439 g/mol. The molecule has 0 spiro atoms. The number of carbonyl (C=O) groups is 1. The number of hydrogen-bond acceptors (Lipinski definition) is 4. The Morgan fingerprint density at radius 1 is 0.806 bits per heavy atom. The van der Waals surface area contributed by atoms with E-state index in [2.05, 4.69) is 0 Å². The van der Waals surface area contributed by atoms with Crippen LogP contribution in [-0.2, 0) is 27.9 Å². The van der Waals surface area contributed by atoms with Gasteiger partial charge in [0.2, 0.25) is 10.0 Å². The molecule has 0 heterocycles. The number of rotatable bonds is 9. The molecule has 0 aliphatic heterocycles. The lowest BCUT2D eigenvalue weighted by atomic mass is 10.1. The number of carbonyl (C=O) groups excluding carboxylic acids is 1. The maximum atomic E-state index is 12.9. The fraction of sp³-hybridized carbons (Fsp3) is 0.208. The van der Waals surface area contributed by atoms with E-state index in [0.29, 0.717) is 24.5 Å². The molecule has 6 nitrogen and oxygen atoms in total. The molecule has 3 aromatic rings. The number of amides is 1. The molecule has 0 N–H and O–H groups in total. The normalized spacial score (nSPS) is 11.0. The first-order valence-corrected chi connectivity index (χ1v) is 11.7. The Labute approximate surface area is 183 Å². The fourth-order valence-electron chi connectivity index (χ4n) is 3.02. The van der Waals surface area contributed by atoms with Crippen LogP contribution in [-0.4, -0.2) is 39.1 Å². The predicted molar refractivity (Wildman–Crippen MR) is 122 cm³/mol. The molecule has 0 saturated heterocycles. The second-order valence-electron chi connectivity index (χ2n) is 7.23. The molecule has 3 aromatic carbocycles. The fourth-order valence-corrected chi connectivity index (χ4v) is 3.52. The minimum absolute atomic E-state index is 0.110. The highest BCUT2D eigenvalue weighted by molar-refractivity contribution is 7.92. The lowest BCUT2D eigenvalue weighted by Crippen LogP contribution is -2.34. The summed E-state index contributed by atoms with van der Waals surface area (Å²) in [4.78, 5) is 14.7. The summed E-state index contributed by atoms with van der Waals surface area (Å²) in [6, 6.07) is 26.3. The first-order valence-electron chi connectivity index (χ1n) is 9.85. The Morgan fingerprint density at radius 2 is 1.29 bits per heavy atom. The Balaban J connectivity index is 1.67. The average Bonchev–Trinajstić information content (AvgIpc) is 2.77. The molecule has 0 saturated carbocycles. The molecular formula is C24H26N2O4S. The first kappa shape index (κ1) is 22.4. The van der Waals surface area contributed by atoms with Crippen molar-refractivity contribution in [3.8, 4) is 5.75 Å². The zero-order chi connectivity index (χ0) is 22.3. The largest absolute Gasteiger partial charge is 0.484 e. The van der Waals surface area contributed by atoms with Gasteiger partial charge in [0, 0.05) is 20.1 Å². The van der Waals surface area contributed by atoms with Crippen LogP contribution >= 0.6 is 0 Å². The second-order valence-corrected chi connectivity index (χ2v) is 9.25. The van der Waals surface area contributed by atoms with Crippen LogP contribution in [0.4, 0.5) is 5.69 Å². The Morgan fingerprint density at radius 3 is 1.74 bits per heavy atom. The third-order valence-electron chi connectivity index (χ3n) is 4.85. The zero-order valence-corrected chi connectivity index (χ0v) is 18.5. The van der Waals surface area contributed by atoms with Gasteiger partial charge in [0.1, 0.15) is 5.75 Å². The lowest BCUT2D eigenvalue weighted by molar-refractivity contribution is -0.134. The topological polar surface area (TPSA) is 66.9 Å². The highest BCUT2D eigenvalue weighted by Gasteiger charge is 2.16. The summed E-state index contributed by atoms with van der Waals surface area (Å²) in [6.07, 6.45) is 1.14. The minimum Gasteiger partial charge on any atom is -0.484 e. The Kier molecular flexibility index (Phi) is 7.31. The summed E-state index contributed by atoms with van der Waals surface area (Å²) >= 11 is 0. The van der Waals surface area contributed by atoms with Crippen molar-refractivity contribution >= 4 is 21.6 Å². The number of sulfonamides is 1. The smallest absolute Gasteiger partial charge is 0.261 e. The third-order valence-corrected chi connectivity index (χ3v) is 6.05. The van der Waals surface area contributed by atoms with E-state index >= 15 is 0 Å². The lowest BCUT2D eigenvalue weighted by Gasteiger charge is -2.23. The van der Waals surface area contributed by atoms with E-state index in [1.807, 2.05) is 60.7 Å². The molecule has 0 unspecified atom stereocenters.